The molecule has 1 N–H and O–H groups in total. The van der Waals surface area contributed by atoms with Gasteiger partial charge in [0, 0.05) is 29.7 Å². The molecule has 114 valence electrons. The van der Waals surface area contributed by atoms with Crippen LogP contribution in [-0.2, 0) is 4.74 Å². The Morgan fingerprint density at radius 3 is 2.71 bits per heavy atom. The highest BCUT2D eigenvalue weighted by atomic mass is 79.9. The first-order valence-corrected chi connectivity index (χ1v) is 7.76. The molecule has 0 spiro atoms. The van der Waals surface area contributed by atoms with E-state index in [2.05, 4.69) is 21.2 Å². The van der Waals surface area contributed by atoms with Crippen LogP contribution in [-0.4, -0.2) is 43.6 Å². The molecule has 0 bridgehead atoms. The molecular formula is C15H19BrN2O3. The van der Waals surface area contributed by atoms with Crippen molar-refractivity contribution in [3.8, 4) is 0 Å². The number of nitrogens with zero attached hydrogens (tertiary/aromatic N) is 1. The van der Waals surface area contributed by atoms with Crippen LogP contribution in [0.2, 0.25) is 0 Å². The van der Waals surface area contributed by atoms with Gasteiger partial charge < -0.3 is 15.0 Å². The van der Waals surface area contributed by atoms with Crippen molar-refractivity contribution >= 4 is 27.9 Å². The summed E-state index contributed by atoms with van der Waals surface area (Å²) in [5.41, 5.74) is 0.649. The van der Waals surface area contributed by atoms with Crippen molar-refractivity contribution in [2.75, 3.05) is 26.7 Å². The Bertz CT molecular complexity index is 513. The lowest BCUT2D eigenvalue weighted by molar-refractivity contribution is 0.0914. The minimum absolute atomic E-state index is 0.0632. The van der Waals surface area contributed by atoms with Crippen LogP contribution < -0.4 is 5.32 Å². The van der Waals surface area contributed by atoms with Crippen molar-refractivity contribution in [2.45, 2.75) is 12.8 Å². The fraction of sp³-hybridized carbons (Fsp3) is 0.467. The smallest absolute Gasteiger partial charge is 0.409 e. The first-order chi connectivity index (χ1) is 10.1. The third kappa shape index (κ3) is 4.46. The zero-order valence-corrected chi connectivity index (χ0v) is 13.6. The zero-order valence-electron chi connectivity index (χ0n) is 12.0. The van der Waals surface area contributed by atoms with Gasteiger partial charge in [0.1, 0.15) is 0 Å². The first kappa shape index (κ1) is 15.8. The molecule has 5 nitrogen and oxygen atoms in total. The average Bonchev–Trinajstić information content (AvgIpc) is 2.52. The fourth-order valence-electron chi connectivity index (χ4n) is 2.42. The third-order valence-electron chi connectivity index (χ3n) is 3.69. The molecule has 1 aromatic rings. The first-order valence-electron chi connectivity index (χ1n) is 6.97. The van der Waals surface area contributed by atoms with Crippen molar-refractivity contribution in [1.29, 1.82) is 0 Å². The zero-order chi connectivity index (χ0) is 15.2. The normalized spacial score (nSPS) is 15.6. The van der Waals surface area contributed by atoms with Crippen LogP contribution in [0.15, 0.2) is 28.7 Å². The Kier molecular flexibility index (Phi) is 5.61. The number of carbonyl (C=O) groups excluding carboxylic acids is 2. The molecule has 1 aliphatic rings. The maximum atomic E-state index is 12.0. The van der Waals surface area contributed by atoms with Crippen molar-refractivity contribution in [3.05, 3.63) is 34.3 Å². The Labute approximate surface area is 132 Å². The minimum atomic E-state index is -0.272. The van der Waals surface area contributed by atoms with Crippen LogP contribution in [0, 0.1) is 5.92 Å². The Morgan fingerprint density at radius 1 is 1.38 bits per heavy atom. The molecule has 2 amide bonds. The van der Waals surface area contributed by atoms with Gasteiger partial charge in [-0.15, -0.1) is 0 Å². The lowest BCUT2D eigenvalue weighted by Crippen LogP contribution is -2.41. The summed E-state index contributed by atoms with van der Waals surface area (Å²) in [6.45, 7) is 2.01. The van der Waals surface area contributed by atoms with Crippen LogP contribution in [0.1, 0.15) is 23.2 Å². The quantitative estimate of drug-likeness (QED) is 0.907. The van der Waals surface area contributed by atoms with Crippen molar-refractivity contribution in [3.63, 3.8) is 0 Å². The highest BCUT2D eigenvalue weighted by Gasteiger charge is 2.23. The van der Waals surface area contributed by atoms with Crippen molar-refractivity contribution in [1.82, 2.24) is 10.2 Å². The molecule has 0 atom stereocenters. The number of nitrogens with one attached hydrogen (secondary N) is 1. The standard InChI is InChI=1S/C15H19BrN2O3/c1-21-15(20)18-7-5-11(6-8-18)10-17-14(19)12-3-2-4-13(16)9-12/h2-4,9,11H,5-8,10H2,1H3,(H,17,19). The van der Waals surface area contributed by atoms with Gasteiger partial charge in [0.15, 0.2) is 0 Å². The second kappa shape index (κ2) is 7.45. The number of hydrogen-bond donors (Lipinski definition) is 1. The highest BCUT2D eigenvalue weighted by molar-refractivity contribution is 9.10. The number of piperidine rings is 1. The average molecular weight is 355 g/mol. The van der Waals surface area contributed by atoms with Crippen LogP contribution in [0.5, 0.6) is 0 Å². The molecule has 0 aliphatic carbocycles. The molecule has 2 rings (SSSR count). The molecule has 0 saturated carbocycles. The molecule has 0 aromatic heterocycles. The summed E-state index contributed by atoms with van der Waals surface area (Å²) in [5, 5.41) is 2.96. The SMILES string of the molecule is COC(=O)N1CCC(CNC(=O)c2cccc(Br)c2)CC1. The van der Waals surface area contributed by atoms with Gasteiger partial charge in [0.2, 0.25) is 0 Å². The van der Waals surface area contributed by atoms with E-state index < -0.39 is 0 Å². The molecule has 1 aromatic carbocycles. The molecule has 21 heavy (non-hydrogen) atoms. The molecule has 1 heterocycles. The number of amides is 2. The molecule has 6 heteroatoms. The largest absolute Gasteiger partial charge is 0.453 e. The predicted molar refractivity (Wildman–Crippen MR) is 83.2 cm³/mol. The molecule has 1 saturated heterocycles. The van der Waals surface area contributed by atoms with E-state index in [4.69, 9.17) is 4.74 Å². The number of carbonyl (C=O) groups is 2. The summed E-state index contributed by atoms with van der Waals surface area (Å²) in [5.74, 6) is 0.341. The molecule has 0 radical (unpaired) electrons. The second-order valence-electron chi connectivity index (χ2n) is 5.12. The summed E-state index contributed by atoms with van der Waals surface area (Å²) in [6.07, 6.45) is 1.49. The number of halogens is 1. The number of likely N-dealkylation sites (tertiary alicyclic amines) is 1. The van der Waals surface area contributed by atoms with Crippen molar-refractivity contribution < 1.29 is 14.3 Å². The van der Waals surface area contributed by atoms with Gasteiger partial charge in [0.25, 0.3) is 5.91 Å². The summed E-state index contributed by atoms with van der Waals surface area (Å²) in [4.78, 5) is 25.1. The fourth-order valence-corrected chi connectivity index (χ4v) is 2.82. The van der Waals surface area contributed by atoms with Crippen molar-refractivity contribution in [2.24, 2.45) is 5.92 Å². The summed E-state index contributed by atoms with van der Waals surface area (Å²) in [7, 11) is 1.40. The van der Waals surface area contributed by atoms with E-state index in [0.29, 0.717) is 31.1 Å². The van der Waals surface area contributed by atoms with Gasteiger partial charge in [-0.05, 0) is 37.0 Å². The van der Waals surface area contributed by atoms with E-state index in [-0.39, 0.29) is 12.0 Å². The van der Waals surface area contributed by atoms with E-state index >= 15 is 0 Å². The predicted octanol–water partition coefficient (Wildman–Crippen LogP) is 2.66. The Morgan fingerprint density at radius 2 is 2.10 bits per heavy atom. The number of benzene rings is 1. The number of hydrogen-bond acceptors (Lipinski definition) is 3. The number of ether oxygens (including phenoxy) is 1. The van der Waals surface area contributed by atoms with Gasteiger partial charge >= 0.3 is 6.09 Å². The minimum Gasteiger partial charge on any atom is -0.453 e. The summed E-state index contributed by atoms with van der Waals surface area (Å²) >= 11 is 3.36. The maximum Gasteiger partial charge on any atom is 0.409 e. The monoisotopic (exact) mass is 354 g/mol. The van der Waals surface area contributed by atoms with Crippen LogP contribution in [0.4, 0.5) is 4.79 Å². The van der Waals surface area contributed by atoms with E-state index in [1.807, 2.05) is 12.1 Å². The maximum absolute atomic E-state index is 12.0. The molecule has 0 unspecified atom stereocenters. The topological polar surface area (TPSA) is 58.6 Å². The lowest BCUT2D eigenvalue weighted by Gasteiger charge is -2.30. The van der Waals surface area contributed by atoms with Gasteiger partial charge in [0.05, 0.1) is 7.11 Å². The van der Waals surface area contributed by atoms with Crippen LogP contribution >= 0.6 is 15.9 Å². The van der Waals surface area contributed by atoms with E-state index in [9.17, 15) is 9.59 Å². The van der Waals surface area contributed by atoms with Crippen LogP contribution in [0.3, 0.4) is 0 Å². The van der Waals surface area contributed by atoms with Gasteiger partial charge in [-0.3, -0.25) is 4.79 Å². The van der Waals surface area contributed by atoms with Crippen LogP contribution in [0.25, 0.3) is 0 Å². The summed E-state index contributed by atoms with van der Waals surface area (Å²) in [6, 6.07) is 7.32. The molecule has 1 fully saturated rings. The Balaban J connectivity index is 1.77. The highest BCUT2D eigenvalue weighted by Crippen LogP contribution is 2.17. The molecule has 1 aliphatic heterocycles. The van der Waals surface area contributed by atoms with Gasteiger partial charge in [-0.25, -0.2) is 4.79 Å². The second-order valence-corrected chi connectivity index (χ2v) is 6.04. The third-order valence-corrected chi connectivity index (χ3v) is 4.18. The van der Waals surface area contributed by atoms with Gasteiger partial charge in [-0.2, -0.15) is 0 Å². The van der Waals surface area contributed by atoms with E-state index in [1.165, 1.54) is 7.11 Å². The number of methoxy groups -OCH3 is 1. The Hall–Kier alpha value is -1.56. The molecular weight excluding hydrogens is 336 g/mol. The van der Waals surface area contributed by atoms with E-state index in [1.54, 1.807) is 17.0 Å². The lowest BCUT2D eigenvalue weighted by atomic mass is 9.97. The summed E-state index contributed by atoms with van der Waals surface area (Å²) < 4.78 is 5.60. The van der Waals surface area contributed by atoms with E-state index in [0.717, 1.165) is 17.3 Å². The number of rotatable bonds is 3. The van der Waals surface area contributed by atoms with Gasteiger partial charge in [-0.1, -0.05) is 22.0 Å².